The smallest absolute Gasteiger partial charge is 0.233 e. The highest BCUT2D eigenvalue weighted by Gasteiger charge is 2.06. The number of hydrogen-bond acceptors (Lipinski definition) is 2. The predicted octanol–water partition coefficient (Wildman–Crippen LogP) is 2.13. The lowest BCUT2D eigenvalue weighted by atomic mass is 10.2. The Hall–Kier alpha value is -0.470. The molecule has 1 aromatic carbocycles. The number of aryl methyl sites for hydroxylation is 1. The van der Waals surface area contributed by atoms with Crippen LogP contribution in [-0.2, 0) is 15.7 Å². The van der Waals surface area contributed by atoms with Gasteiger partial charge in [0.05, 0.1) is 0 Å². The minimum atomic E-state index is -1.74. The molecule has 1 unspecified atom stereocenters. The molecule has 0 heterocycles. The average molecular weight is 184 g/mol. The summed E-state index contributed by atoms with van der Waals surface area (Å²) in [4.78, 5) is 10.9. The van der Waals surface area contributed by atoms with E-state index >= 15 is 0 Å². The predicted molar refractivity (Wildman–Crippen MR) is 47.8 cm³/mol. The molecule has 1 rings (SSSR count). The van der Waals surface area contributed by atoms with Gasteiger partial charge in [0.25, 0.3) is 0 Å². The Bertz CT molecular complexity index is 237. The SMILES string of the molecule is Cc1ccc(CP([O])ON)cc1. The average Bonchev–Trinajstić information content (AvgIpc) is 2.09. The lowest BCUT2D eigenvalue weighted by Gasteiger charge is -2.03. The third-order valence-electron chi connectivity index (χ3n) is 1.55. The number of hydrogen-bond donors (Lipinski definition) is 1. The van der Waals surface area contributed by atoms with Gasteiger partial charge in [0, 0.05) is 6.16 Å². The minimum absolute atomic E-state index is 0.381. The van der Waals surface area contributed by atoms with Crippen LogP contribution in [0, 0.1) is 6.92 Å². The fourth-order valence-electron chi connectivity index (χ4n) is 0.880. The summed E-state index contributed by atoms with van der Waals surface area (Å²) < 4.78 is 4.19. The van der Waals surface area contributed by atoms with Crippen molar-refractivity contribution in [3.05, 3.63) is 35.4 Å². The summed E-state index contributed by atoms with van der Waals surface area (Å²) in [6.07, 6.45) is 0.381. The van der Waals surface area contributed by atoms with E-state index in [1.807, 2.05) is 31.2 Å². The van der Waals surface area contributed by atoms with E-state index in [-0.39, 0.29) is 0 Å². The summed E-state index contributed by atoms with van der Waals surface area (Å²) in [5.41, 5.74) is 2.16. The quantitative estimate of drug-likeness (QED) is 0.577. The first-order valence-electron chi connectivity index (χ1n) is 3.59. The fraction of sp³-hybridized carbons (Fsp3) is 0.250. The lowest BCUT2D eigenvalue weighted by Crippen LogP contribution is -1.93. The van der Waals surface area contributed by atoms with Crippen LogP contribution in [0.2, 0.25) is 0 Å². The highest BCUT2D eigenvalue weighted by molar-refractivity contribution is 7.44. The zero-order valence-electron chi connectivity index (χ0n) is 6.86. The number of benzene rings is 1. The van der Waals surface area contributed by atoms with Gasteiger partial charge in [-0.1, -0.05) is 29.8 Å². The molecule has 65 valence electrons. The largest absolute Gasteiger partial charge is 0.249 e. The highest BCUT2D eigenvalue weighted by Crippen LogP contribution is 2.34. The second kappa shape index (κ2) is 4.53. The van der Waals surface area contributed by atoms with Crippen LogP contribution in [0.5, 0.6) is 0 Å². The van der Waals surface area contributed by atoms with E-state index < -0.39 is 8.38 Å². The standard InChI is InChI=1S/C8H11NO2P/c1-7-2-4-8(5-3-7)6-12(10)11-9/h2-5H,6,9H2,1H3. The first-order chi connectivity index (χ1) is 5.72. The Labute approximate surface area is 73.0 Å². The molecule has 12 heavy (non-hydrogen) atoms. The molecule has 3 nitrogen and oxygen atoms in total. The van der Waals surface area contributed by atoms with Gasteiger partial charge >= 0.3 is 0 Å². The maximum Gasteiger partial charge on any atom is 0.233 e. The maximum absolute atomic E-state index is 10.9. The summed E-state index contributed by atoms with van der Waals surface area (Å²) in [6.45, 7) is 2.00. The molecule has 4 heteroatoms. The fourth-order valence-corrected chi connectivity index (χ4v) is 1.46. The van der Waals surface area contributed by atoms with E-state index in [0.717, 1.165) is 5.56 Å². The maximum atomic E-state index is 10.9. The van der Waals surface area contributed by atoms with Crippen molar-refractivity contribution in [1.82, 2.24) is 0 Å². The topological polar surface area (TPSA) is 55.1 Å². The molecular weight excluding hydrogens is 173 g/mol. The van der Waals surface area contributed by atoms with Crippen molar-refractivity contribution >= 4 is 8.38 Å². The van der Waals surface area contributed by atoms with Crippen LogP contribution >= 0.6 is 8.38 Å². The summed E-state index contributed by atoms with van der Waals surface area (Å²) in [7, 11) is -1.74. The van der Waals surface area contributed by atoms with Gasteiger partial charge in [-0.05, 0) is 12.5 Å². The summed E-state index contributed by atoms with van der Waals surface area (Å²) in [5.74, 6) is 4.77. The molecule has 0 aromatic heterocycles. The van der Waals surface area contributed by atoms with Gasteiger partial charge in [0.15, 0.2) is 0 Å². The van der Waals surface area contributed by atoms with Gasteiger partial charge < -0.3 is 0 Å². The van der Waals surface area contributed by atoms with Crippen LogP contribution in [0.4, 0.5) is 0 Å². The minimum Gasteiger partial charge on any atom is -0.249 e. The zero-order chi connectivity index (χ0) is 8.97. The Morgan fingerprint density at radius 3 is 2.50 bits per heavy atom. The highest BCUT2D eigenvalue weighted by atomic mass is 31.2. The van der Waals surface area contributed by atoms with Crippen molar-refractivity contribution in [2.45, 2.75) is 13.1 Å². The molecule has 0 fully saturated rings. The number of rotatable bonds is 3. The monoisotopic (exact) mass is 184 g/mol. The third-order valence-corrected chi connectivity index (χ3v) is 2.41. The molecule has 1 aromatic rings. The van der Waals surface area contributed by atoms with Crippen molar-refractivity contribution in [2.75, 3.05) is 0 Å². The van der Waals surface area contributed by atoms with Gasteiger partial charge in [-0.2, -0.15) is 4.89 Å². The Morgan fingerprint density at radius 2 is 2.00 bits per heavy atom. The second-order valence-electron chi connectivity index (χ2n) is 2.58. The van der Waals surface area contributed by atoms with Crippen molar-refractivity contribution in [1.29, 1.82) is 0 Å². The van der Waals surface area contributed by atoms with Crippen molar-refractivity contribution in [2.24, 2.45) is 5.90 Å². The van der Waals surface area contributed by atoms with Crippen LogP contribution < -0.4 is 5.90 Å². The van der Waals surface area contributed by atoms with Gasteiger partial charge in [0.1, 0.15) is 0 Å². The Kier molecular flexibility index (Phi) is 3.63. The summed E-state index contributed by atoms with van der Waals surface area (Å²) in [6, 6.07) is 7.77. The Balaban J connectivity index is 2.58. The third kappa shape index (κ3) is 2.88. The normalized spacial score (nSPS) is 12.9. The molecule has 0 bridgehead atoms. The molecule has 0 aliphatic rings. The van der Waals surface area contributed by atoms with Gasteiger partial charge in [-0.25, -0.2) is 10.5 Å². The van der Waals surface area contributed by atoms with Gasteiger partial charge in [-0.3, -0.25) is 0 Å². The van der Waals surface area contributed by atoms with Crippen LogP contribution in [0.25, 0.3) is 0 Å². The van der Waals surface area contributed by atoms with E-state index in [0.29, 0.717) is 6.16 Å². The molecule has 0 saturated carbocycles. The van der Waals surface area contributed by atoms with E-state index in [1.54, 1.807) is 0 Å². The lowest BCUT2D eigenvalue weighted by molar-refractivity contribution is 0.295. The van der Waals surface area contributed by atoms with Crippen molar-refractivity contribution < 1.29 is 9.52 Å². The first kappa shape index (κ1) is 9.62. The first-order valence-corrected chi connectivity index (χ1v) is 4.95. The van der Waals surface area contributed by atoms with Crippen LogP contribution in [-0.4, -0.2) is 0 Å². The summed E-state index contributed by atoms with van der Waals surface area (Å²) >= 11 is 0. The van der Waals surface area contributed by atoms with Gasteiger partial charge in [0.2, 0.25) is 8.38 Å². The van der Waals surface area contributed by atoms with Crippen LogP contribution in [0.1, 0.15) is 11.1 Å². The molecule has 1 atom stereocenters. The molecule has 0 saturated heterocycles. The van der Waals surface area contributed by atoms with E-state index in [4.69, 9.17) is 5.90 Å². The Morgan fingerprint density at radius 1 is 1.42 bits per heavy atom. The van der Waals surface area contributed by atoms with Crippen LogP contribution in [0.3, 0.4) is 0 Å². The molecule has 0 aliphatic heterocycles. The zero-order valence-corrected chi connectivity index (χ0v) is 7.75. The van der Waals surface area contributed by atoms with E-state index in [2.05, 4.69) is 4.62 Å². The molecule has 0 spiro atoms. The van der Waals surface area contributed by atoms with E-state index in [9.17, 15) is 4.89 Å². The molecule has 0 aliphatic carbocycles. The van der Waals surface area contributed by atoms with E-state index in [1.165, 1.54) is 5.56 Å². The molecule has 1 radical (unpaired) electrons. The molecular formula is C8H11NO2P. The number of nitrogens with two attached hydrogens (primary N) is 1. The van der Waals surface area contributed by atoms with Crippen molar-refractivity contribution in [3.63, 3.8) is 0 Å². The van der Waals surface area contributed by atoms with Crippen molar-refractivity contribution in [3.8, 4) is 0 Å². The second-order valence-corrected chi connectivity index (χ2v) is 3.77. The summed E-state index contributed by atoms with van der Waals surface area (Å²) in [5, 5.41) is 0. The molecule has 2 N–H and O–H groups in total. The van der Waals surface area contributed by atoms with Crippen LogP contribution in [0.15, 0.2) is 24.3 Å². The van der Waals surface area contributed by atoms with Gasteiger partial charge in [-0.15, -0.1) is 0 Å². The molecule has 0 amide bonds.